The van der Waals surface area contributed by atoms with Crippen LogP contribution in [-0.4, -0.2) is 85.9 Å². The predicted molar refractivity (Wildman–Crippen MR) is 196 cm³/mol. The van der Waals surface area contributed by atoms with Gasteiger partial charge in [-0.1, -0.05) is 81.8 Å². The molecule has 3 heterocycles. The third-order valence-electron chi connectivity index (χ3n) is 11.6. The summed E-state index contributed by atoms with van der Waals surface area (Å²) in [4.78, 5) is 54.2. The summed E-state index contributed by atoms with van der Waals surface area (Å²) in [6.07, 6.45) is 11.3. The van der Waals surface area contributed by atoms with Crippen LogP contribution in [0.4, 0.5) is 0 Å². The SMILES string of the molecule is CC1(C)C(c2ccc(C(=O)O)cc2)=CC[C@]2(C)CN(C(=O)c3cocc3C(=O)N3CC=C4C(O)(O)C(c5ccc(C(=O)O)cc5)=CC[C@]4(C)C3)CC=C12. The van der Waals surface area contributed by atoms with Crippen LogP contribution in [0.2, 0.25) is 0 Å². The van der Waals surface area contributed by atoms with Gasteiger partial charge in [0, 0.05) is 48.0 Å². The molecule has 0 bridgehead atoms. The van der Waals surface area contributed by atoms with E-state index in [2.05, 4.69) is 32.9 Å². The highest BCUT2D eigenvalue weighted by Crippen LogP contribution is 2.55. The molecule has 53 heavy (non-hydrogen) atoms. The molecule has 4 aliphatic rings. The number of furan rings is 1. The number of nitrogens with zero attached hydrogens (tertiary/aromatic N) is 2. The lowest BCUT2D eigenvalue weighted by atomic mass is 9.58. The van der Waals surface area contributed by atoms with Crippen LogP contribution in [0.1, 0.15) is 93.1 Å². The molecule has 11 heteroatoms. The molecule has 0 fully saturated rings. The van der Waals surface area contributed by atoms with E-state index in [0.717, 1.165) is 11.1 Å². The summed E-state index contributed by atoms with van der Waals surface area (Å²) in [5.74, 6) is -5.12. The molecule has 0 unspecified atom stereocenters. The molecule has 274 valence electrons. The van der Waals surface area contributed by atoms with Crippen LogP contribution in [0, 0.1) is 16.2 Å². The molecule has 0 radical (unpaired) electrons. The molecule has 11 nitrogen and oxygen atoms in total. The van der Waals surface area contributed by atoms with Crippen LogP contribution in [0.15, 0.2) is 101 Å². The Morgan fingerprint density at radius 3 is 1.49 bits per heavy atom. The third kappa shape index (κ3) is 5.93. The van der Waals surface area contributed by atoms with Crippen molar-refractivity contribution in [2.45, 2.75) is 46.3 Å². The lowest BCUT2D eigenvalue weighted by Gasteiger charge is -2.50. The van der Waals surface area contributed by atoms with E-state index < -0.39 is 29.0 Å². The average molecular weight is 719 g/mol. The zero-order chi connectivity index (χ0) is 38.1. The first-order valence-corrected chi connectivity index (χ1v) is 17.6. The summed E-state index contributed by atoms with van der Waals surface area (Å²) in [6.45, 7) is 9.30. The number of carboxylic acid groups (broad SMARTS) is 2. The number of amides is 2. The predicted octanol–water partition coefficient (Wildman–Crippen LogP) is 6.13. The number of carbonyl (C=O) groups is 4. The van der Waals surface area contributed by atoms with E-state index in [1.54, 1.807) is 46.2 Å². The topological polar surface area (TPSA) is 169 Å². The van der Waals surface area contributed by atoms with Crippen molar-refractivity contribution in [3.8, 4) is 0 Å². The largest absolute Gasteiger partial charge is 0.478 e. The van der Waals surface area contributed by atoms with Gasteiger partial charge >= 0.3 is 11.9 Å². The van der Waals surface area contributed by atoms with Crippen LogP contribution in [0.25, 0.3) is 11.1 Å². The maximum Gasteiger partial charge on any atom is 0.335 e. The first-order chi connectivity index (χ1) is 25.0. The Morgan fingerprint density at radius 2 is 1.02 bits per heavy atom. The Labute approximate surface area is 306 Å². The summed E-state index contributed by atoms with van der Waals surface area (Å²) in [7, 11) is 0. The van der Waals surface area contributed by atoms with Crippen LogP contribution in [0.5, 0.6) is 0 Å². The van der Waals surface area contributed by atoms with Gasteiger partial charge in [0.25, 0.3) is 11.8 Å². The van der Waals surface area contributed by atoms with E-state index >= 15 is 0 Å². The van der Waals surface area contributed by atoms with E-state index in [9.17, 15) is 39.6 Å². The zero-order valence-electron chi connectivity index (χ0n) is 30.1. The second-order valence-electron chi connectivity index (χ2n) is 15.6. The fraction of sp³-hybridized carbons (Fsp3) is 0.333. The molecule has 1 aromatic heterocycles. The molecule has 2 aliphatic heterocycles. The van der Waals surface area contributed by atoms with E-state index in [-0.39, 0.29) is 57.7 Å². The first-order valence-electron chi connectivity index (χ1n) is 17.6. The minimum Gasteiger partial charge on any atom is -0.478 e. The van der Waals surface area contributed by atoms with Crippen LogP contribution >= 0.6 is 0 Å². The van der Waals surface area contributed by atoms with Gasteiger partial charge in [-0.25, -0.2) is 9.59 Å². The number of hydrogen-bond donors (Lipinski definition) is 4. The quantitative estimate of drug-likeness (QED) is 0.173. The molecule has 2 aromatic carbocycles. The highest BCUT2D eigenvalue weighted by Gasteiger charge is 2.51. The van der Waals surface area contributed by atoms with Gasteiger partial charge in [0.15, 0.2) is 0 Å². The van der Waals surface area contributed by atoms with Gasteiger partial charge in [-0.05, 0) is 59.4 Å². The number of hydrogen-bond acceptors (Lipinski definition) is 7. The molecule has 7 rings (SSSR count). The lowest BCUT2D eigenvalue weighted by molar-refractivity contribution is -0.0957. The standard InChI is InChI=1S/C42H42N2O9/c1-39(2)31(25-5-9-27(10-6-25)37(47)48)13-17-40(3)23-43(19-15-33(39)40)35(45)29-21-53-22-30(29)36(46)44-20-16-34-41(4,24-44)18-14-32(42(34,51)52)26-7-11-28(12-8-26)38(49)50/h5-16,21-22,51-52H,17-20,23-24H2,1-4H3,(H,47,48)(H,49,50)/t40-,41-/m1/s1. The maximum atomic E-state index is 14.1. The molecule has 0 spiro atoms. The van der Waals surface area contributed by atoms with Gasteiger partial charge in [0.2, 0.25) is 5.79 Å². The molecule has 2 aliphatic carbocycles. The van der Waals surface area contributed by atoms with E-state index in [4.69, 9.17) is 4.42 Å². The van der Waals surface area contributed by atoms with Crippen LogP contribution in [0.3, 0.4) is 0 Å². The Balaban J connectivity index is 1.08. The zero-order valence-corrected chi connectivity index (χ0v) is 30.1. The molecule has 0 saturated carbocycles. The average Bonchev–Trinajstić information content (AvgIpc) is 3.60. The summed E-state index contributed by atoms with van der Waals surface area (Å²) in [5.41, 5.74) is 3.39. The molecular weight excluding hydrogens is 676 g/mol. The normalized spacial score (nSPS) is 24.5. The number of aliphatic hydroxyl groups is 2. The van der Waals surface area contributed by atoms with Crippen molar-refractivity contribution in [1.82, 2.24) is 9.80 Å². The van der Waals surface area contributed by atoms with Gasteiger partial charge in [0.05, 0.1) is 22.3 Å². The van der Waals surface area contributed by atoms with Gasteiger partial charge in [-0.3, -0.25) is 9.59 Å². The van der Waals surface area contributed by atoms with E-state index in [1.807, 2.05) is 19.1 Å². The fourth-order valence-electron chi connectivity index (χ4n) is 8.96. The van der Waals surface area contributed by atoms with Crippen molar-refractivity contribution < 1.29 is 44.0 Å². The Morgan fingerprint density at radius 1 is 0.604 bits per heavy atom. The molecule has 4 N–H and O–H groups in total. The fourth-order valence-corrected chi connectivity index (χ4v) is 8.96. The summed E-state index contributed by atoms with van der Waals surface area (Å²) in [5, 5.41) is 41.5. The van der Waals surface area contributed by atoms with E-state index in [1.165, 1.54) is 30.2 Å². The molecule has 0 saturated heterocycles. The van der Waals surface area contributed by atoms with E-state index in [0.29, 0.717) is 37.1 Å². The monoisotopic (exact) mass is 718 g/mol. The third-order valence-corrected chi connectivity index (χ3v) is 11.6. The van der Waals surface area contributed by atoms with Gasteiger partial charge in [-0.2, -0.15) is 0 Å². The number of fused-ring (bicyclic) bond motifs is 2. The van der Waals surface area contributed by atoms with Crippen molar-refractivity contribution >= 4 is 34.9 Å². The van der Waals surface area contributed by atoms with Crippen molar-refractivity contribution in [3.63, 3.8) is 0 Å². The lowest BCUT2D eigenvalue weighted by Crippen LogP contribution is -2.52. The Bertz CT molecular complexity index is 2010. The Kier molecular flexibility index (Phi) is 8.50. The number of rotatable bonds is 6. The van der Waals surface area contributed by atoms with Crippen molar-refractivity contribution in [2.75, 3.05) is 26.2 Å². The van der Waals surface area contributed by atoms with Gasteiger partial charge < -0.3 is 34.6 Å². The van der Waals surface area contributed by atoms with Crippen molar-refractivity contribution in [3.05, 3.63) is 130 Å². The molecule has 3 aromatic rings. The highest BCUT2D eigenvalue weighted by atomic mass is 16.5. The van der Waals surface area contributed by atoms with Crippen molar-refractivity contribution in [2.24, 2.45) is 16.2 Å². The minimum atomic E-state index is -2.34. The van der Waals surface area contributed by atoms with Gasteiger partial charge in [0.1, 0.15) is 12.5 Å². The summed E-state index contributed by atoms with van der Waals surface area (Å²) >= 11 is 0. The second-order valence-corrected chi connectivity index (χ2v) is 15.6. The smallest absolute Gasteiger partial charge is 0.335 e. The number of carboxylic acids is 2. The summed E-state index contributed by atoms with van der Waals surface area (Å²) < 4.78 is 5.47. The first kappa shape index (κ1) is 35.9. The molecule has 2 atom stereocenters. The maximum absolute atomic E-state index is 14.1. The number of benzene rings is 2. The van der Waals surface area contributed by atoms with Crippen molar-refractivity contribution in [1.29, 1.82) is 0 Å². The second kappa shape index (κ2) is 12.6. The minimum absolute atomic E-state index is 0.0767. The van der Waals surface area contributed by atoms with Gasteiger partial charge in [-0.15, -0.1) is 0 Å². The number of allylic oxidation sites excluding steroid dienone is 3. The molecule has 2 amide bonds. The summed E-state index contributed by atoms with van der Waals surface area (Å²) in [6, 6.07) is 12.8. The highest BCUT2D eigenvalue weighted by molar-refractivity contribution is 6.07. The van der Waals surface area contributed by atoms with Crippen LogP contribution in [-0.2, 0) is 0 Å². The number of aromatic carboxylic acids is 2. The number of carbonyl (C=O) groups excluding carboxylic acids is 2. The Hall–Kier alpha value is -5.52. The van der Waals surface area contributed by atoms with Crippen LogP contribution < -0.4 is 0 Å². The molecular formula is C42H42N2O9.